The average molecular weight is 303 g/mol. The summed E-state index contributed by atoms with van der Waals surface area (Å²) in [5.41, 5.74) is 0. The number of hydrogen-bond acceptors (Lipinski definition) is 4. The number of nitrogens with zero attached hydrogens (tertiary/aromatic N) is 1. The molecule has 2 heterocycles. The maximum absolute atomic E-state index is 11.4. The van der Waals surface area contributed by atoms with Crippen molar-refractivity contribution >= 4 is 15.8 Å². The van der Waals surface area contributed by atoms with Crippen molar-refractivity contribution in [2.24, 2.45) is 11.8 Å². The Balaban J connectivity index is 1.61. The molecule has 1 atom stereocenters. The molecule has 0 spiro atoms. The van der Waals surface area contributed by atoms with E-state index in [2.05, 4.69) is 4.90 Å². The molecule has 2 saturated heterocycles. The Hall–Kier alpha value is -0.620. The molecule has 2 rings (SSSR count). The molecule has 2 aliphatic rings. The first-order valence-electron chi connectivity index (χ1n) is 7.59. The van der Waals surface area contributed by atoms with E-state index < -0.39 is 15.8 Å². The van der Waals surface area contributed by atoms with Gasteiger partial charge in [-0.1, -0.05) is 0 Å². The maximum Gasteiger partial charge on any atom is 0.303 e. The lowest BCUT2D eigenvalue weighted by Gasteiger charge is -2.32. The number of carboxylic acids is 1. The van der Waals surface area contributed by atoms with Gasteiger partial charge in [-0.05, 0) is 63.6 Å². The highest BCUT2D eigenvalue weighted by Gasteiger charge is 2.28. The first-order valence-corrected chi connectivity index (χ1v) is 9.41. The zero-order valence-electron chi connectivity index (χ0n) is 12.0. The molecular weight excluding hydrogens is 278 g/mol. The third kappa shape index (κ3) is 5.05. The zero-order chi connectivity index (χ0) is 14.6. The van der Waals surface area contributed by atoms with E-state index in [-0.39, 0.29) is 6.42 Å². The second-order valence-electron chi connectivity index (χ2n) is 6.28. The van der Waals surface area contributed by atoms with Crippen LogP contribution in [0.15, 0.2) is 0 Å². The summed E-state index contributed by atoms with van der Waals surface area (Å²) in [4.78, 5) is 13.0. The summed E-state index contributed by atoms with van der Waals surface area (Å²) in [6.07, 6.45) is 5.05. The molecule has 116 valence electrons. The van der Waals surface area contributed by atoms with Gasteiger partial charge >= 0.3 is 5.97 Å². The van der Waals surface area contributed by atoms with Crippen LogP contribution in [0.25, 0.3) is 0 Å². The minimum absolute atomic E-state index is 0.282. The largest absolute Gasteiger partial charge is 0.481 e. The number of likely N-dealkylation sites (tertiary alicyclic amines) is 1. The predicted molar refractivity (Wildman–Crippen MR) is 77.4 cm³/mol. The molecule has 0 aromatic heterocycles. The molecule has 1 unspecified atom stereocenters. The Morgan fingerprint density at radius 1 is 1.10 bits per heavy atom. The Morgan fingerprint density at radius 2 is 1.80 bits per heavy atom. The Kier molecular flexibility index (Phi) is 5.43. The molecule has 0 aliphatic carbocycles. The summed E-state index contributed by atoms with van der Waals surface area (Å²) in [5.74, 6) is 0.950. The molecule has 1 N–H and O–H groups in total. The summed E-state index contributed by atoms with van der Waals surface area (Å²) < 4.78 is 22.8. The molecule has 20 heavy (non-hydrogen) atoms. The van der Waals surface area contributed by atoms with Crippen molar-refractivity contribution in [3.63, 3.8) is 0 Å². The van der Waals surface area contributed by atoms with E-state index in [1.54, 1.807) is 0 Å². The SMILES string of the molecule is O=C(O)CCC1CCN(CCC2CCS(=O)(=O)C2)CC1. The summed E-state index contributed by atoms with van der Waals surface area (Å²) in [6.45, 7) is 3.05. The third-order valence-corrected chi connectivity index (χ3v) is 6.49. The van der Waals surface area contributed by atoms with E-state index in [9.17, 15) is 13.2 Å². The van der Waals surface area contributed by atoms with Gasteiger partial charge in [0.15, 0.2) is 9.84 Å². The molecule has 0 amide bonds. The average Bonchev–Trinajstić information content (AvgIpc) is 2.75. The smallest absolute Gasteiger partial charge is 0.303 e. The molecule has 2 fully saturated rings. The van der Waals surface area contributed by atoms with Gasteiger partial charge < -0.3 is 10.0 Å². The highest BCUT2D eigenvalue weighted by atomic mass is 32.2. The number of carboxylic acid groups (broad SMARTS) is 1. The fourth-order valence-electron chi connectivity index (χ4n) is 3.29. The summed E-state index contributed by atoms with van der Waals surface area (Å²) in [6, 6.07) is 0. The maximum atomic E-state index is 11.4. The van der Waals surface area contributed by atoms with E-state index in [1.165, 1.54) is 0 Å². The van der Waals surface area contributed by atoms with Crippen molar-refractivity contribution in [1.82, 2.24) is 4.90 Å². The van der Waals surface area contributed by atoms with Gasteiger partial charge in [-0.25, -0.2) is 8.42 Å². The molecule has 0 aromatic carbocycles. The van der Waals surface area contributed by atoms with E-state index in [0.29, 0.717) is 23.3 Å². The lowest BCUT2D eigenvalue weighted by atomic mass is 9.92. The van der Waals surface area contributed by atoms with Crippen LogP contribution in [0.2, 0.25) is 0 Å². The highest BCUT2D eigenvalue weighted by Crippen LogP contribution is 2.25. The van der Waals surface area contributed by atoms with Crippen LogP contribution in [0.1, 0.15) is 38.5 Å². The van der Waals surface area contributed by atoms with Gasteiger partial charge in [0.25, 0.3) is 0 Å². The van der Waals surface area contributed by atoms with Crippen LogP contribution < -0.4 is 0 Å². The Bertz CT molecular complexity index is 426. The summed E-state index contributed by atoms with van der Waals surface area (Å²) in [7, 11) is -2.75. The van der Waals surface area contributed by atoms with Gasteiger partial charge in [-0.3, -0.25) is 4.79 Å². The summed E-state index contributed by atoms with van der Waals surface area (Å²) in [5, 5.41) is 8.68. The monoisotopic (exact) mass is 303 g/mol. The van der Waals surface area contributed by atoms with E-state index in [1.807, 2.05) is 0 Å². The normalized spacial score (nSPS) is 27.7. The number of sulfone groups is 1. The van der Waals surface area contributed by atoms with E-state index in [4.69, 9.17) is 5.11 Å². The first-order chi connectivity index (χ1) is 9.44. The number of carbonyl (C=O) groups is 1. The van der Waals surface area contributed by atoms with Gasteiger partial charge in [0, 0.05) is 6.42 Å². The fourth-order valence-corrected chi connectivity index (χ4v) is 5.20. The number of piperidine rings is 1. The van der Waals surface area contributed by atoms with Crippen LogP contribution in [-0.4, -0.2) is 55.5 Å². The fraction of sp³-hybridized carbons (Fsp3) is 0.929. The molecule has 0 saturated carbocycles. The molecule has 2 aliphatic heterocycles. The van der Waals surface area contributed by atoms with Crippen molar-refractivity contribution in [3.05, 3.63) is 0 Å². The summed E-state index contributed by atoms with van der Waals surface area (Å²) >= 11 is 0. The van der Waals surface area contributed by atoms with E-state index >= 15 is 0 Å². The molecule has 0 radical (unpaired) electrons. The minimum Gasteiger partial charge on any atom is -0.481 e. The van der Waals surface area contributed by atoms with Crippen molar-refractivity contribution < 1.29 is 18.3 Å². The van der Waals surface area contributed by atoms with Crippen LogP contribution in [0.5, 0.6) is 0 Å². The lowest BCUT2D eigenvalue weighted by molar-refractivity contribution is -0.137. The van der Waals surface area contributed by atoms with Crippen LogP contribution in [0.3, 0.4) is 0 Å². The predicted octanol–water partition coefficient (Wildman–Crippen LogP) is 1.39. The van der Waals surface area contributed by atoms with Gasteiger partial charge in [-0.2, -0.15) is 0 Å². The van der Waals surface area contributed by atoms with Crippen LogP contribution in [-0.2, 0) is 14.6 Å². The molecule has 0 bridgehead atoms. The van der Waals surface area contributed by atoms with Gasteiger partial charge in [-0.15, -0.1) is 0 Å². The Labute approximate surface area is 121 Å². The lowest BCUT2D eigenvalue weighted by Crippen LogP contribution is -2.35. The molecule has 6 heteroatoms. The minimum atomic E-state index is -2.75. The quantitative estimate of drug-likeness (QED) is 0.802. The van der Waals surface area contributed by atoms with Gasteiger partial charge in [0.2, 0.25) is 0 Å². The highest BCUT2D eigenvalue weighted by molar-refractivity contribution is 7.91. The van der Waals surface area contributed by atoms with Crippen molar-refractivity contribution in [2.45, 2.75) is 38.5 Å². The third-order valence-electron chi connectivity index (χ3n) is 4.65. The second-order valence-corrected chi connectivity index (χ2v) is 8.50. The number of hydrogen-bond donors (Lipinski definition) is 1. The van der Waals surface area contributed by atoms with Crippen molar-refractivity contribution in [2.75, 3.05) is 31.1 Å². The number of aliphatic carboxylic acids is 1. The Morgan fingerprint density at radius 3 is 2.35 bits per heavy atom. The van der Waals surface area contributed by atoms with Crippen LogP contribution in [0.4, 0.5) is 0 Å². The van der Waals surface area contributed by atoms with Gasteiger partial charge in [0.1, 0.15) is 0 Å². The standard InChI is InChI=1S/C14H25NO4S/c16-14(17)2-1-12-3-7-15(8-4-12)9-5-13-6-10-20(18,19)11-13/h12-13H,1-11H2,(H,16,17). The van der Waals surface area contributed by atoms with Crippen molar-refractivity contribution in [3.8, 4) is 0 Å². The molecule has 5 nitrogen and oxygen atoms in total. The second kappa shape index (κ2) is 6.89. The van der Waals surface area contributed by atoms with Crippen LogP contribution >= 0.6 is 0 Å². The van der Waals surface area contributed by atoms with Gasteiger partial charge in [0.05, 0.1) is 11.5 Å². The topological polar surface area (TPSA) is 74.7 Å². The zero-order valence-corrected chi connectivity index (χ0v) is 12.8. The number of rotatable bonds is 6. The van der Waals surface area contributed by atoms with E-state index in [0.717, 1.165) is 51.7 Å². The van der Waals surface area contributed by atoms with Crippen LogP contribution in [0, 0.1) is 11.8 Å². The molecule has 0 aromatic rings. The van der Waals surface area contributed by atoms with Crippen molar-refractivity contribution in [1.29, 1.82) is 0 Å². The molecular formula is C14H25NO4S. The first kappa shape index (κ1) is 15.8.